The Morgan fingerprint density at radius 1 is 0.792 bits per heavy atom. The lowest BCUT2D eigenvalue weighted by atomic mass is 9.97. The average molecular weight is 732 g/mol. The highest BCUT2D eigenvalue weighted by Crippen LogP contribution is 2.40. The number of unbranched alkanes of at least 4 members (excludes halogenated alkanes) is 2. The molecule has 1 aliphatic heterocycles. The average Bonchev–Trinajstić information content (AvgIpc) is 3.20. The molecule has 274 valence electrons. The highest BCUT2D eigenvalue weighted by molar-refractivity contribution is 7.99. The number of ether oxygens (including phenoxy) is 2. The van der Waals surface area contributed by atoms with Crippen LogP contribution in [0.3, 0.4) is 0 Å². The van der Waals surface area contributed by atoms with Crippen molar-refractivity contribution in [2.24, 2.45) is 0 Å². The molecule has 1 aromatic heterocycles. The van der Waals surface area contributed by atoms with Crippen molar-refractivity contribution in [3.63, 3.8) is 0 Å². The van der Waals surface area contributed by atoms with Crippen LogP contribution < -0.4 is 16.4 Å². The zero-order valence-corrected chi connectivity index (χ0v) is 30.3. The minimum Gasteiger partial charge on any atom is -0.397 e. The number of aromatic nitrogens is 2. The SMILES string of the molecule is Nc1ccccc1NC(=O)CCCCCC(=O)NCc1ccccc1-c1ccc(C2OC(CSc3ncccn3)CC(c3ccc(CO)cc3)O2)cc1. The second kappa shape index (κ2) is 19.1. The van der Waals surface area contributed by atoms with E-state index in [-0.39, 0.29) is 30.6 Å². The maximum atomic E-state index is 12.7. The molecule has 10 nitrogen and oxygen atoms in total. The predicted octanol–water partition coefficient (Wildman–Crippen LogP) is 7.76. The molecular formula is C42H45N5O5S. The van der Waals surface area contributed by atoms with Gasteiger partial charge in [-0.3, -0.25) is 9.59 Å². The van der Waals surface area contributed by atoms with Gasteiger partial charge in [0, 0.05) is 49.5 Å². The van der Waals surface area contributed by atoms with E-state index in [1.165, 1.54) is 0 Å². The number of nitrogens with one attached hydrogen (secondary N) is 2. The number of nitrogen functional groups attached to an aromatic ring is 1. The lowest BCUT2D eigenvalue weighted by molar-refractivity contribution is -0.245. The summed E-state index contributed by atoms with van der Waals surface area (Å²) in [4.78, 5) is 33.7. The van der Waals surface area contributed by atoms with E-state index in [0.29, 0.717) is 60.9 Å². The van der Waals surface area contributed by atoms with Crippen LogP contribution in [0.2, 0.25) is 0 Å². The molecule has 0 radical (unpaired) electrons. The molecule has 3 atom stereocenters. The Balaban J connectivity index is 1.02. The number of nitrogens with zero attached hydrogens (tertiary/aromatic N) is 2. The van der Waals surface area contributed by atoms with E-state index in [1.54, 1.807) is 42.4 Å². The van der Waals surface area contributed by atoms with Crippen molar-refractivity contribution in [2.45, 2.75) is 75.3 Å². The molecule has 3 unspecified atom stereocenters. The van der Waals surface area contributed by atoms with Crippen LogP contribution in [-0.2, 0) is 32.2 Å². The minimum absolute atomic E-state index is 0.00864. The van der Waals surface area contributed by atoms with E-state index in [9.17, 15) is 14.7 Å². The Kier molecular flexibility index (Phi) is 13.6. The normalized spacial score (nSPS) is 16.9. The van der Waals surface area contributed by atoms with Crippen molar-refractivity contribution in [3.05, 3.63) is 138 Å². The summed E-state index contributed by atoms with van der Waals surface area (Å²) in [5, 5.41) is 16.1. The van der Waals surface area contributed by atoms with Gasteiger partial charge < -0.3 is 30.9 Å². The van der Waals surface area contributed by atoms with Gasteiger partial charge in [-0.25, -0.2) is 9.97 Å². The monoisotopic (exact) mass is 731 g/mol. The van der Waals surface area contributed by atoms with Gasteiger partial charge in [0.25, 0.3) is 0 Å². The lowest BCUT2D eigenvalue weighted by Crippen LogP contribution is -2.31. The molecule has 0 bridgehead atoms. The van der Waals surface area contributed by atoms with Crippen LogP contribution >= 0.6 is 11.8 Å². The first-order valence-corrected chi connectivity index (χ1v) is 18.9. The predicted molar refractivity (Wildman–Crippen MR) is 207 cm³/mol. The zero-order valence-electron chi connectivity index (χ0n) is 29.5. The van der Waals surface area contributed by atoms with Gasteiger partial charge >= 0.3 is 0 Å². The number of anilines is 2. The van der Waals surface area contributed by atoms with E-state index in [2.05, 4.69) is 38.8 Å². The summed E-state index contributed by atoms with van der Waals surface area (Å²) in [6.07, 6.45) is 6.24. The first-order chi connectivity index (χ1) is 25.9. The van der Waals surface area contributed by atoms with Crippen LogP contribution in [0.5, 0.6) is 0 Å². The molecule has 0 saturated carbocycles. The van der Waals surface area contributed by atoms with E-state index >= 15 is 0 Å². The fourth-order valence-electron chi connectivity index (χ4n) is 6.18. The van der Waals surface area contributed by atoms with Crippen molar-refractivity contribution in [1.29, 1.82) is 0 Å². The molecule has 1 saturated heterocycles. The number of aliphatic hydroxyl groups excluding tert-OH is 1. The Bertz CT molecular complexity index is 1930. The molecule has 5 aromatic rings. The lowest BCUT2D eigenvalue weighted by Gasteiger charge is -2.36. The van der Waals surface area contributed by atoms with Crippen molar-refractivity contribution >= 4 is 35.0 Å². The van der Waals surface area contributed by atoms with Crippen molar-refractivity contribution in [1.82, 2.24) is 15.3 Å². The minimum atomic E-state index is -0.575. The molecule has 0 aliphatic carbocycles. The van der Waals surface area contributed by atoms with Crippen LogP contribution in [0.15, 0.2) is 121 Å². The smallest absolute Gasteiger partial charge is 0.224 e. The number of hydrogen-bond donors (Lipinski definition) is 4. The first kappa shape index (κ1) is 37.7. The summed E-state index contributed by atoms with van der Waals surface area (Å²) in [7, 11) is 0. The standard InChI is InChI=1S/C42H45N5O5S/c43-36-11-6-7-12-37(36)47-40(50)14-3-1-2-13-39(49)46-26-33-9-4-5-10-35(33)30-19-21-32(22-20-30)41-51-34(28-53-42-44-23-8-24-45-42)25-38(52-41)31-17-15-29(27-48)16-18-31/h4-12,15-24,34,38,41,48H,1-3,13-14,25-28,43H2,(H,46,49)(H,47,50). The number of amides is 2. The number of benzene rings is 4. The number of hydrogen-bond acceptors (Lipinski definition) is 9. The third-order valence-electron chi connectivity index (χ3n) is 9.09. The molecule has 5 N–H and O–H groups in total. The third-order valence-corrected chi connectivity index (χ3v) is 10.1. The molecule has 11 heteroatoms. The quantitative estimate of drug-likeness (QED) is 0.0346. The Morgan fingerprint density at radius 2 is 1.49 bits per heavy atom. The zero-order chi connectivity index (χ0) is 36.8. The Labute approximate surface area is 314 Å². The van der Waals surface area contributed by atoms with Crippen molar-refractivity contribution < 1.29 is 24.2 Å². The van der Waals surface area contributed by atoms with E-state index < -0.39 is 6.29 Å². The Morgan fingerprint density at radius 3 is 2.25 bits per heavy atom. The van der Waals surface area contributed by atoms with Gasteiger partial charge in [0.15, 0.2) is 11.4 Å². The maximum absolute atomic E-state index is 12.7. The van der Waals surface area contributed by atoms with Gasteiger partial charge in [-0.1, -0.05) is 103 Å². The fourth-order valence-corrected chi connectivity index (χ4v) is 7.00. The molecule has 6 rings (SSSR count). The second-order valence-electron chi connectivity index (χ2n) is 12.9. The topological polar surface area (TPSA) is 149 Å². The van der Waals surface area contributed by atoms with Gasteiger partial charge in [-0.2, -0.15) is 0 Å². The number of aliphatic hydroxyl groups is 1. The molecule has 2 amide bonds. The maximum Gasteiger partial charge on any atom is 0.224 e. The van der Waals surface area contributed by atoms with Crippen molar-refractivity contribution in [2.75, 3.05) is 16.8 Å². The van der Waals surface area contributed by atoms with Crippen LogP contribution in [0.1, 0.15) is 73.2 Å². The molecular weight excluding hydrogens is 687 g/mol. The van der Waals surface area contributed by atoms with Crippen LogP contribution in [0.25, 0.3) is 11.1 Å². The third kappa shape index (κ3) is 11.0. The van der Waals surface area contributed by atoms with Crippen LogP contribution in [0.4, 0.5) is 11.4 Å². The summed E-state index contributed by atoms with van der Waals surface area (Å²) < 4.78 is 13.0. The number of nitrogens with two attached hydrogens (primary N) is 1. The number of para-hydroxylation sites is 2. The van der Waals surface area contributed by atoms with Gasteiger partial charge in [0.2, 0.25) is 11.8 Å². The Hall–Kier alpha value is -5.07. The number of carbonyl (C=O) groups is 2. The van der Waals surface area contributed by atoms with Gasteiger partial charge in [-0.15, -0.1) is 0 Å². The first-order valence-electron chi connectivity index (χ1n) is 17.9. The van der Waals surface area contributed by atoms with Crippen LogP contribution in [0, 0.1) is 0 Å². The summed E-state index contributed by atoms with van der Waals surface area (Å²) >= 11 is 1.56. The molecule has 0 spiro atoms. The highest BCUT2D eigenvalue weighted by Gasteiger charge is 2.32. The van der Waals surface area contributed by atoms with Gasteiger partial charge in [0.1, 0.15) is 0 Å². The molecule has 1 fully saturated rings. The molecule has 53 heavy (non-hydrogen) atoms. The molecule has 2 heterocycles. The van der Waals surface area contributed by atoms with E-state index in [0.717, 1.165) is 39.8 Å². The number of carbonyl (C=O) groups excluding carboxylic acids is 2. The van der Waals surface area contributed by atoms with Crippen LogP contribution in [-0.4, -0.2) is 38.7 Å². The molecule has 1 aliphatic rings. The summed E-state index contributed by atoms with van der Waals surface area (Å²) in [6.45, 7) is 0.402. The second-order valence-corrected chi connectivity index (χ2v) is 13.9. The summed E-state index contributed by atoms with van der Waals surface area (Å²) in [5.74, 6) is 0.576. The van der Waals surface area contributed by atoms with Gasteiger partial charge in [0.05, 0.1) is 30.2 Å². The fraction of sp³-hybridized carbons (Fsp3) is 0.286. The van der Waals surface area contributed by atoms with E-state index in [4.69, 9.17) is 15.2 Å². The number of rotatable bonds is 16. The summed E-state index contributed by atoms with van der Waals surface area (Å²) in [6, 6.07) is 33.1. The summed E-state index contributed by atoms with van der Waals surface area (Å²) in [5.41, 5.74) is 12.9. The highest BCUT2D eigenvalue weighted by atomic mass is 32.2. The number of thioether (sulfide) groups is 1. The van der Waals surface area contributed by atoms with Crippen molar-refractivity contribution in [3.8, 4) is 11.1 Å². The molecule has 4 aromatic carbocycles. The van der Waals surface area contributed by atoms with Gasteiger partial charge in [-0.05, 0) is 58.9 Å². The van der Waals surface area contributed by atoms with E-state index in [1.807, 2.05) is 66.7 Å². The largest absolute Gasteiger partial charge is 0.397 e.